The van der Waals surface area contributed by atoms with Gasteiger partial charge in [0.25, 0.3) is 0 Å². The van der Waals surface area contributed by atoms with Crippen molar-refractivity contribution >= 4 is 17.3 Å². The molecule has 1 amide bonds. The van der Waals surface area contributed by atoms with Crippen LogP contribution >= 0.6 is 0 Å². The predicted octanol–water partition coefficient (Wildman–Crippen LogP) is 1.81. The normalized spacial score (nSPS) is 18.6. The van der Waals surface area contributed by atoms with Gasteiger partial charge in [0.2, 0.25) is 11.7 Å². The predicted molar refractivity (Wildman–Crippen MR) is 67.2 cm³/mol. The molecule has 2 rings (SSSR count). The zero-order valence-corrected chi connectivity index (χ0v) is 10.5. The second-order valence-electron chi connectivity index (χ2n) is 4.57. The van der Waals surface area contributed by atoms with Gasteiger partial charge >= 0.3 is 5.69 Å². The van der Waals surface area contributed by atoms with E-state index in [0.717, 1.165) is 13.0 Å². The van der Waals surface area contributed by atoms with E-state index >= 15 is 0 Å². The third-order valence-corrected chi connectivity index (χ3v) is 3.16. The molecule has 6 nitrogen and oxygen atoms in total. The molecule has 0 saturated carbocycles. The summed E-state index contributed by atoms with van der Waals surface area (Å²) >= 11 is 0. The van der Waals surface area contributed by atoms with Gasteiger partial charge in [-0.05, 0) is 19.4 Å². The molecule has 2 N–H and O–H groups in total. The van der Waals surface area contributed by atoms with Crippen LogP contribution in [0.5, 0.6) is 0 Å². The highest BCUT2D eigenvalue weighted by molar-refractivity contribution is 5.93. The summed E-state index contributed by atoms with van der Waals surface area (Å²) in [6, 6.07) is 1.09. The van der Waals surface area contributed by atoms with E-state index in [-0.39, 0.29) is 11.6 Å². The highest BCUT2D eigenvalue weighted by Gasteiger charge is 2.24. The Morgan fingerprint density at radius 2 is 2.15 bits per heavy atom. The lowest BCUT2D eigenvalue weighted by Gasteiger charge is -2.21. The van der Waals surface area contributed by atoms with Crippen molar-refractivity contribution in [2.24, 2.45) is 5.92 Å². The summed E-state index contributed by atoms with van der Waals surface area (Å²) in [6.07, 6.45) is 1.48. The summed E-state index contributed by atoms with van der Waals surface area (Å²) in [4.78, 5) is 21.5. The maximum Gasteiger partial charge on any atom is 0.307 e. The van der Waals surface area contributed by atoms with Crippen molar-refractivity contribution in [3.8, 4) is 0 Å². The lowest BCUT2D eigenvalue weighted by Crippen LogP contribution is -2.37. The summed E-state index contributed by atoms with van der Waals surface area (Å²) in [7, 11) is 0. The van der Waals surface area contributed by atoms with Crippen LogP contribution in [0.2, 0.25) is 0 Å². The second kappa shape index (κ2) is 5.91. The molecular weight excluding hydrogens is 272 g/mol. The smallest absolute Gasteiger partial charge is 0.307 e. The zero-order valence-electron chi connectivity index (χ0n) is 10.5. The summed E-state index contributed by atoms with van der Waals surface area (Å²) in [6.45, 7) is 1.29. The Morgan fingerprint density at radius 1 is 1.40 bits per heavy atom. The highest BCUT2D eigenvalue weighted by Crippen LogP contribution is 2.26. The van der Waals surface area contributed by atoms with Crippen LogP contribution in [0, 0.1) is 27.7 Å². The minimum absolute atomic E-state index is 0.327. The minimum atomic E-state index is -1.27. The SMILES string of the molecule is O=C(Nc1cc([N+](=O)[O-])c(F)cc1F)C1CCCNC1. The number of hydrogen-bond donors (Lipinski definition) is 2. The Bertz CT molecular complexity index is 545. The maximum atomic E-state index is 13.5. The van der Waals surface area contributed by atoms with Crippen LogP contribution in [0.15, 0.2) is 12.1 Å². The number of piperidine rings is 1. The van der Waals surface area contributed by atoms with Crippen molar-refractivity contribution in [1.82, 2.24) is 5.32 Å². The van der Waals surface area contributed by atoms with Crippen molar-refractivity contribution in [2.75, 3.05) is 18.4 Å². The summed E-state index contributed by atoms with van der Waals surface area (Å²) < 4.78 is 26.7. The Balaban J connectivity index is 2.18. The van der Waals surface area contributed by atoms with Gasteiger partial charge in [0.05, 0.1) is 16.5 Å². The van der Waals surface area contributed by atoms with Crippen LogP contribution in [0.3, 0.4) is 0 Å². The van der Waals surface area contributed by atoms with Crippen LogP contribution in [0.25, 0.3) is 0 Å². The number of nitro benzene ring substituents is 1. The standard InChI is InChI=1S/C12H13F2N3O3/c13-8-4-9(14)11(17(19)20)5-10(8)16-12(18)7-2-1-3-15-6-7/h4-5,7,15H,1-3,6H2,(H,16,18). The molecular formula is C12H13F2N3O3. The number of amides is 1. The number of carbonyl (C=O) groups is 1. The Morgan fingerprint density at radius 3 is 2.75 bits per heavy atom. The van der Waals surface area contributed by atoms with Crippen LogP contribution in [0.4, 0.5) is 20.2 Å². The molecule has 0 aromatic heterocycles. The average Bonchev–Trinajstić information content (AvgIpc) is 2.42. The third-order valence-electron chi connectivity index (χ3n) is 3.16. The van der Waals surface area contributed by atoms with E-state index in [4.69, 9.17) is 0 Å². The van der Waals surface area contributed by atoms with Gasteiger partial charge < -0.3 is 10.6 Å². The average molecular weight is 285 g/mol. The van der Waals surface area contributed by atoms with Crippen LogP contribution in [-0.2, 0) is 4.79 Å². The molecule has 1 aromatic carbocycles. The first-order valence-electron chi connectivity index (χ1n) is 6.14. The van der Waals surface area contributed by atoms with E-state index in [1.807, 2.05) is 0 Å². The lowest BCUT2D eigenvalue weighted by molar-refractivity contribution is -0.387. The monoisotopic (exact) mass is 285 g/mol. The Hall–Kier alpha value is -2.09. The van der Waals surface area contributed by atoms with Gasteiger partial charge in [-0.3, -0.25) is 14.9 Å². The minimum Gasteiger partial charge on any atom is -0.323 e. The molecule has 1 heterocycles. The zero-order chi connectivity index (χ0) is 14.7. The fourth-order valence-electron chi connectivity index (χ4n) is 2.08. The van der Waals surface area contributed by atoms with Gasteiger partial charge in [-0.25, -0.2) is 4.39 Å². The second-order valence-corrected chi connectivity index (χ2v) is 4.57. The molecule has 0 aliphatic carbocycles. The van der Waals surface area contributed by atoms with Gasteiger partial charge in [0.15, 0.2) is 0 Å². The lowest BCUT2D eigenvalue weighted by atomic mass is 9.99. The van der Waals surface area contributed by atoms with Gasteiger partial charge in [-0.1, -0.05) is 0 Å². The van der Waals surface area contributed by atoms with Crippen molar-refractivity contribution in [1.29, 1.82) is 0 Å². The number of rotatable bonds is 3. The fourth-order valence-corrected chi connectivity index (χ4v) is 2.08. The van der Waals surface area contributed by atoms with Crippen molar-refractivity contribution < 1.29 is 18.5 Å². The number of nitrogens with one attached hydrogen (secondary N) is 2. The third kappa shape index (κ3) is 3.08. The number of anilines is 1. The largest absolute Gasteiger partial charge is 0.323 e. The number of benzene rings is 1. The van der Waals surface area contributed by atoms with E-state index in [1.165, 1.54) is 0 Å². The van der Waals surface area contributed by atoms with Gasteiger partial charge in [0.1, 0.15) is 5.82 Å². The number of nitrogens with zero attached hydrogens (tertiary/aromatic N) is 1. The molecule has 0 bridgehead atoms. The van der Waals surface area contributed by atoms with Crippen molar-refractivity contribution in [3.63, 3.8) is 0 Å². The first kappa shape index (κ1) is 14.3. The number of nitro groups is 1. The maximum absolute atomic E-state index is 13.5. The molecule has 1 atom stereocenters. The van der Waals surface area contributed by atoms with Crippen molar-refractivity contribution in [3.05, 3.63) is 33.9 Å². The first-order valence-corrected chi connectivity index (χ1v) is 6.14. The molecule has 0 spiro atoms. The summed E-state index contributed by atoms with van der Waals surface area (Å²) in [5, 5.41) is 15.9. The molecule has 1 unspecified atom stereocenters. The summed E-state index contributed by atoms with van der Waals surface area (Å²) in [5.74, 6) is -3.07. The van der Waals surface area contributed by atoms with E-state index in [0.29, 0.717) is 25.1 Å². The molecule has 1 fully saturated rings. The highest BCUT2D eigenvalue weighted by atomic mass is 19.1. The topological polar surface area (TPSA) is 84.3 Å². The first-order chi connectivity index (χ1) is 9.49. The molecule has 1 aliphatic heterocycles. The molecule has 0 radical (unpaired) electrons. The molecule has 20 heavy (non-hydrogen) atoms. The van der Waals surface area contributed by atoms with Crippen molar-refractivity contribution in [2.45, 2.75) is 12.8 Å². The van der Waals surface area contributed by atoms with Gasteiger partial charge in [-0.2, -0.15) is 4.39 Å². The van der Waals surface area contributed by atoms with Crippen LogP contribution in [0.1, 0.15) is 12.8 Å². The van der Waals surface area contributed by atoms with Crippen LogP contribution in [-0.4, -0.2) is 23.9 Å². The van der Waals surface area contributed by atoms with E-state index in [2.05, 4.69) is 10.6 Å². The van der Waals surface area contributed by atoms with E-state index in [9.17, 15) is 23.7 Å². The number of hydrogen-bond acceptors (Lipinski definition) is 4. The summed E-state index contributed by atoms with van der Waals surface area (Å²) in [5.41, 5.74) is -1.25. The number of carbonyl (C=O) groups excluding carboxylic acids is 1. The quantitative estimate of drug-likeness (QED) is 0.655. The van der Waals surface area contributed by atoms with Gasteiger partial charge in [0, 0.05) is 18.7 Å². The Labute approximate surface area is 113 Å². The molecule has 108 valence electrons. The Kier molecular flexibility index (Phi) is 4.23. The van der Waals surface area contributed by atoms with E-state index < -0.39 is 28.2 Å². The van der Waals surface area contributed by atoms with Crippen LogP contribution < -0.4 is 10.6 Å². The molecule has 8 heteroatoms. The number of halogens is 2. The molecule has 1 aromatic rings. The molecule has 1 saturated heterocycles. The van der Waals surface area contributed by atoms with E-state index in [1.54, 1.807) is 0 Å². The fraction of sp³-hybridized carbons (Fsp3) is 0.417. The molecule has 1 aliphatic rings. The van der Waals surface area contributed by atoms with Gasteiger partial charge in [-0.15, -0.1) is 0 Å².